The van der Waals surface area contributed by atoms with Gasteiger partial charge >= 0.3 is 0 Å². The second kappa shape index (κ2) is 5.45. The molecule has 0 fully saturated rings. The highest BCUT2D eigenvalue weighted by Crippen LogP contribution is 2.22. The lowest BCUT2D eigenvalue weighted by atomic mass is 10.0. The average Bonchev–Trinajstić information content (AvgIpc) is 2.46. The van der Waals surface area contributed by atoms with Crippen LogP contribution in [-0.2, 0) is 11.2 Å². The SMILES string of the molecule is O=CCCN1CCCc2cc(Br)ccc2C1=O. The number of carbonyl (C=O) groups excluding carboxylic acids is 2. The molecule has 0 bridgehead atoms. The lowest BCUT2D eigenvalue weighted by Gasteiger charge is -2.19. The van der Waals surface area contributed by atoms with E-state index in [0.717, 1.165) is 41.3 Å². The molecule has 0 N–H and O–H groups in total. The number of aryl methyl sites for hydroxylation is 1. The maximum Gasteiger partial charge on any atom is 0.254 e. The molecule has 0 saturated carbocycles. The Bertz CT molecular complexity index is 445. The molecule has 17 heavy (non-hydrogen) atoms. The topological polar surface area (TPSA) is 37.4 Å². The molecule has 0 unspecified atom stereocenters. The summed E-state index contributed by atoms with van der Waals surface area (Å²) in [7, 11) is 0. The second-order valence-electron chi connectivity index (χ2n) is 4.15. The zero-order valence-electron chi connectivity index (χ0n) is 9.49. The zero-order chi connectivity index (χ0) is 12.3. The number of nitrogens with zero attached hydrogens (tertiary/aromatic N) is 1. The van der Waals surface area contributed by atoms with Crippen LogP contribution in [0.3, 0.4) is 0 Å². The van der Waals surface area contributed by atoms with E-state index in [1.807, 2.05) is 18.2 Å². The molecule has 0 atom stereocenters. The van der Waals surface area contributed by atoms with Gasteiger partial charge in [-0.3, -0.25) is 4.79 Å². The van der Waals surface area contributed by atoms with Gasteiger partial charge in [0.1, 0.15) is 6.29 Å². The molecule has 2 rings (SSSR count). The molecule has 1 aromatic carbocycles. The largest absolute Gasteiger partial charge is 0.338 e. The number of aldehydes is 1. The van der Waals surface area contributed by atoms with Crippen molar-refractivity contribution in [3.63, 3.8) is 0 Å². The number of fused-ring (bicyclic) bond motifs is 1. The first kappa shape index (κ1) is 12.3. The van der Waals surface area contributed by atoms with E-state index in [9.17, 15) is 9.59 Å². The highest BCUT2D eigenvalue weighted by atomic mass is 79.9. The van der Waals surface area contributed by atoms with Crippen LogP contribution in [0.15, 0.2) is 22.7 Å². The number of carbonyl (C=O) groups is 2. The van der Waals surface area contributed by atoms with Gasteiger partial charge in [0.05, 0.1) is 0 Å². The first-order valence-corrected chi connectivity index (χ1v) is 6.53. The van der Waals surface area contributed by atoms with E-state index < -0.39 is 0 Å². The van der Waals surface area contributed by atoms with Gasteiger partial charge in [-0.05, 0) is 36.6 Å². The van der Waals surface area contributed by atoms with E-state index in [0.29, 0.717) is 13.0 Å². The Morgan fingerprint density at radius 3 is 3.00 bits per heavy atom. The fourth-order valence-electron chi connectivity index (χ4n) is 2.13. The van der Waals surface area contributed by atoms with Crippen LogP contribution in [0, 0.1) is 0 Å². The molecule has 0 aliphatic carbocycles. The summed E-state index contributed by atoms with van der Waals surface area (Å²) >= 11 is 3.42. The maximum atomic E-state index is 12.2. The third kappa shape index (κ3) is 2.75. The van der Waals surface area contributed by atoms with Crippen LogP contribution in [0.25, 0.3) is 0 Å². The van der Waals surface area contributed by atoms with Crippen molar-refractivity contribution in [1.29, 1.82) is 0 Å². The Balaban J connectivity index is 2.26. The Hall–Kier alpha value is -1.16. The van der Waals surface area contributed by atoms with Gasteiger partial charge in [-0.15, -0.1) is 0 Å². The Kier molecular flexibility index (Phi) is 3.94. The molecule has 0 spiro atoms. The van der Waals surface area contributed by atoms with Crippen molar-refractivity contribution in [2.24, 2.45) is 0 Å². The fraction of sp³-hybridized carbons (Fsp3) is 0.385. The third-order valence-electron chi connectivity index (χ3n) is 2.98. The van der Waals surface area contributed by atoms with Gasteiger partial charge in [-0.1, -0.05) is 15.9 Å². The van der Waals surface area contributed by atoms with Crippen LogP contribution < -0.4 is 0 Å². The van der Waals surface area contributed by atoms with Crippen LogP contribution in [0.1, 0.15) is 28.8 Å². The standard InChI is InChI=1S/C13H14BrNO2/c14-11-4-5-12-10(9-11)3-1-6-15(13(12)17)7-2-8-16/h4-5,8-9H,1-3,6-7H2. The molecule has 0 aromatic heterocycles. The minimum Gasteiger partial charge on any atom is -0.338 e. The third-order valence-corrected chi connectivity index (χ3v) is 3.47. The number of rotatable bonds is 3. The molecule has 1 amide bonds. The summed E-state index contributed by atoms with van der Waals surface area (Å²) in [6.45, 7) is 1.26. The molecule has 0 radical (unpaired) electrons. The van der Waals surface area contributed by atoms with Crippen molar-refractivity contribution in [3.05, 3.63) is 33.8 Å². The van der Waals surface area contributed by atoms with Crippen molar-refractivity contribution >= 4 is 28.1 Å². The van der Waals surface area contributed by atoms with E-state index in [1.165, 1.54) is 0 Å². The summed E-state index contributed by atoms with van der Waals surface area (Å²) < 4.78 is 1.00. The fourth-order valence-corrected chi connectivity index (χ4v) is 2.54. The average molecular weight is 296 g/mol. The van der Waals surface area contributed by atoms with Crippen molar-refractivity contribution < 1.29 is 9.59 Å². The van der Waals surface area contributed by atoms with Crippen LogP contribution in [-0.4, -0.2) is 30.2 Å². The normalized spacial score (nSPS) is 15.4. The molecule has 1 aliphatic rings. The molecule has 3 nitrogen and oxygen atoms in total. The lowest BCUT2D eigenvalue weighted by Crippen LogP contribution is -2.32. The van der Waals surface area contributed by atoms with E-state index in [1.54, 1.807) is 4.90 Å². The summed E-state index contributed by atoms with van der Waals surface area (Å²) in [5, 5.41) is 0. The Morgan fingerprint density at radius 1 is 1.41 bits per heavy atom. The lowest BCUT2D eigenvalue weighted by molar-refractivity contribution is -0.108. The van der Waals surface area contributed by atoms with Crippen LogP contribution in [0.5, 0.6) is 0 Å². The van der Waals surface area contributed by atoms with Gasteiger partial charge in [-0.25, -0.2) is 0 Å². The van der Waals surface area contributed by atoms with Crippen LogP contribution in [0.4, 0.5) is 0 Å². The number of hydrogen-bond acceptors (Lipinski definition) is 2. The zero-order valence-corrected chi connectivity index (χ0v) is 11.1. The summed E-state index contributed by atoms with van der Waals surface area (Å²) in [5.41, 5.74) is 1.87. The van der Waals surface area contributed by atoms with Gasteiger partial charge in [-0.2, -0.15) is 0 Å². The van der Waals surface area contributed by atoms with Gasteiger partial charge in [0.2, 0.25) is 0 Å². The minimum atomic E-state index is 0.0480. The highest BCUT2D eigenvalue weighted by Gasteiger charge is 2.21. The first-order valence-electron chi connectivity index (χ1n) is 5.73. The quantitative estimate of drug-likeness (QED) is 0.803. The van der Waals surface area contributed by atoms with Crippen molar-refractivity contribution in [1.82, 2.24) is 4.90 Å². The second-order valence-corrected chi connectivity index (χ2v) is 5.07. The molecule has 1 heterocycles. The summed E-state index contributed by atoms with van der Waals surface area (Å²) in [5.74, 6) is 0.0480. The predicted molar refractivity (Wildman–Crippen MR) is 69.0 cm³/mol. The van der Waals surface area contributed by atoms with Crippen LogP contribution >= 0.6 is 15.9 Å². The van der Waals surface area contributed by atoms with E-state index in [4.69, 9.17) is 0 Å². The van der Waals surface area contributed by atoms with Gasteiger partial charge < -0.3 is 9.69 Å². The van der Waals surface area contributed by atoms with E-state index in [-0.39, 0.29) is 5.91 Å². The van der Waals surface area contributed by atoms with E-state index in [2.05, 4.69) is 15.9 Å². The van der Waals surface area contributed by atoms with Gasteiger partial charge in [0.15, 0.2) is 0 Å². The van der Waals surface area contributed by atoms with Crippen molar-refractivity contribution in [3.8, 4) is 0 Å². The predicted octanol–water partition coefficient (Wildman–Crippen LogP) is 2.43. The smallest absolute Gasteiger partial charge is 0.254 e. The molecular formula is C13H14BrNO2. The summed E-state index contributed by atoms with van der Waals surface area (Å²) in [6, 6.07) is 5.76. The highest BCUT2D eigenvalue weighted by molar-refractivity contribution is 9.10. The number of hydrogen-bond donors (Lipinski definition) is 0. The molecular weight excluding hydrogens is 282 g/mol. The minimum absolute atomic E-state index is 0.0480. The van der Waals surface area contributed by atoms with Crippen LogP contribution in [0.2, 0.25) is 0 Å². The summed E-state index contributed by atoms with van der Waals surface area (Å²) in [4.78, 5) is 24.4. The van der Waals surface area contributed by atoms with Gasteiger partial charge in [0.25, 0.3) is 5.91 Å². The number of halogens is 1. The molecule has 1 aromatic rings. The molecule has 0 saturated heterocycles. The molecule has 90 valence electrons. The van der Waals surface area contributed by atoms with Crippen molar-refractivity contribution in [2.75, 3.05) is 13.1 Å². The van der Waals surface area contributed by atoms with E-state index >= 15 is 0 Å². The Morgan fingerprint density at radius 2 is 2.24 bits per heavy atom. The Labute approximate surface area is 109 Å². The first-order chi connectivity index (χ1) is 8.22. The molecule has 4 heteroatoms. The maximum absolute atomic E-state index is 12.2. The van der Waals surface area contributed by atoms with Crippen molar-refractivity contribution in [2.45, 2.75) is 19.3 Å². The number of benzene rings is 1. The van der Waals surface area contributed by atoms with Gasteiger partial charge in [0, 0.05) is 29.5 Å². The molecule has 1 aliphatic heterocycles. The monoisotopic (exact) mass is 295 g/mol. The number of amides is 1. The summed E-state index contributed by atoms with van der Waals surface area (Å²) in [6.07, 6.45) is 3.14.